The first-order valence-corrected chi connectivity index (χ1v) is 6.78. The van der Waals surface area contributed by atoms with Crippen LogP contribution in [0.2, 0.25) is 0 Å². The van der Waals surface area contributed by atoms with Crippen molar-refractivity contribution in [2.24, 2.45) is 0 Å². The average molecular weight is 237 g/mol. The second-order valence-electron chi connectivity index (χ2n) is 3.54. The molecular formula is C13H19NOS. The summed E-state index contributed by atoms with van der Waals surface area (Å²) in [6.07, 6.45) is 2.14. The van der Waals surface area contributed by atoms with Crippen molar-refractivity contribution in [2.75, 3.05) is 12.3 Å². The third kappa shape index (κ3) is 3.89. The van der Waals surface area contributed by atoms with E-state index in [0.717, 1.165) is 35.6 Å². The van der Waals surface area contributed by atoms with Crippen molar-refractivity contribution in [1.82, 2.24) is 5.32 Å². The highest BCUT2D eigenvalue weighted by atomic mass is 32.2. The van der Waals surface area contributed by atoms with Crippen LogP contribution < -0.4 is 5.32 Å². The van der Waals surface area contributed by atoms with Crippen LogP contribution in [0.1, 0.15) is 37.0 Å². The Bertz CT molecular complexity index is 338. The van der Waals surface area contributed by atoms with Gasteiger partial charge in [-0.25, -0.2) is 0 Å². The molecule has 0 saturated carbocycles. The number of carbonyl (C=O) groups is 1. The van der Waals surface area contributed by atoms with E-state index in [-0.39, 0.29) is 5.91 Å². The maximum atomic E-state index is 11.9. The maximum Gasteiger partial charge on any atom is 0.252 e. The van der Waals surface area contributed by atoms with E-state index >= 15 is 0 Å². The molecule has 1 amide bonds. The SMILES string of the molecule is CCCCNC(=O)c1ccccc1SCC. The monoisotopic (exact) mass is 237 g/mol. The van der Waals surface area contributed by atoms with Gasteiger partial charge in [0.25, 0.3) is 5.91 Å². The van der Waals surface area contributed by atoms with E-state index in [0.29, 0.717) is 0 Å². The Morgan fingerprint density at radius 3 is 2.75 bits per heavy atom. The molecule has 2 nitrogen and oxygen atoms in total. The van der Waals surface area contributed by atoms with Crippen LogP contribution in [0.4, 0.5) is 0 Å². The Balaban J connectivity index is 2.66. The number of carbonyl (C=O) groups excluding carboxylic acids is 1. The van der Waals surface area contributed by atoms with Crippen molar-refractivity contribution in [3.63, 3.8) is 0 Å². The smallest absolute Gasteiger partial charge is 0.252 e. The third-order valence-electron chi connectivity index (χ3n) is 2.25. The van der Waals surface area contributed by atoms with Gasteiger partial charge in [-0.3, -0.25) is 4.79 Å². The van der Waals surface area contributed by atoms with E-state index < -0.39 is 0 Å². The van der Waals surface area contributed by atoms with Crippen LogP contribution in [-0.2, 0) is 0 Å². The summed E-state index contributed by atoms with van der Waals surface area (Å²) in [4.78, 5) is 13.0. The largest absolute Gasteiger partial charge is 0.352 e. The molecule has 0 bridgehead atoms. The zero-order valence-electron chi connectivity index (χ0n) is 9.95. The molecule has 0 spiro atoms. The van der Waals surface area contributed by atoms with Crippen molar-refractivity contribution >= 4 is 17.7 Å². The molecule has 0 aliphatic carbocycles. The summed E-state index contributed by atoms with van der Waals surface area (Å²) < 4.78 is 0. The van der Waals surface area contributed by atoms with Crippen LogP contribution in [0.25, 0.3) is 0 Å². The van der Waals surface area contributed by atoms with Crippen molar-refractivity contribution in [3.8, 4) is 0 Å². The molecule has 1 N–H and O–H groups in total. The fourth-order valence-corrected chi connectivity index (χ4v) is 2.21. The van der Waals surface area contributed by atoms with E-state index in [1.54, 1.807) is 11.8 Å². The summed E-state index contributed by atoms with van der Waals surface area (Å²) in [5.41, 5.74) is 0.797. The summed E-state index contributed by atoms with van der Waals surface area (Å²) in [6, 6.07) is 7.78. The normalized spacial score (nSPS) is 10.1. The Morgan fingerprint density at radius 2 is 2.06 bits per heavy atom. The number of rotatable bonds is 6. The molecule has 0 aliphatic rings. The molecule has 0 heterocycles. The van der Waals surface area contributed by atoms with Gasteiger partial charge in [-0.2, -0.15) is 0 Å². The standard InChI is InChI=1S/C13H19NOS/c1-3-5-10-14-13(15)11-8-6-7-9-12(11)16-4-2/h6-9H,3-5,10H2,1-2H3,(H,14,15). The van der Waals surface area contributed by atoms with Crippen molar-refractivity contribution in [3.05, 3.63) is 29.8 Å². The third-order valence-corrected chi connectivity index (χ3v) is 3.20. The fourth-order valence-electron chi connectivity index (χ4n) is 1.41. The number of hydrogen-bond acceptors (Lipinski definition) is 2. The molecule has 0 aliphatic heterocycles. The predicted molar refractivity (Wildman–Crippen MR) is 70.1 cm³/mol. The van der Waals surface area contributed by atoms with Gasteiger partial charge in [-0.05, 0) is 24.3 Å². The molecule has 3 heteroatoms. The number of hydrogen-bond donors (Lipinski definition) is 1. The highest BCUT2D eigenvalue weighted by Gasteiger charge is 2.09. The first-order valence-electron chi connectivity index (χ1n) is 5.79. The molecule has 0 fully saturated rings. The first kappa shape index (κ1) is 13.1. The van der Waals surface area contributed by atoms with Gasteiger partial charge in [0.1, 0.15) is 0 Å². The van der Waals surface area contributed by atoms with Gasteiger partial charge in [0.05, 0.1) is 5.56 Å². The Labute approximate surface area is 102 Å². The molecule has 1 aromatic carbocycles. The highest BCUT2D eigenvalue weighted by Crippen LogP contribution is 2.21. The van der Waals surface area contributed by atoms with Crippen LogP contribution in [0, 0.1) is 0 Å². The second-order valence-corrected chi connectivity index (χ2v) is 4.84. The second kappa shape index (κ2) is 7.34. The van der Waals surface area contributed by atoms with Crippen LogP contribution >= 0.6 is 11.8 Å². The van der Waals surface area contributed by atoms with Crippen LogP contribution in [-0.4, -0.2) is 18.2 Å². The lowest BCUT2D eigenvalue weighted by Crippen LogP contribution is -2.24. The number of unbranched alkanes of at least 4 members (excludes halogenated alkanes) is 1. The van der Waals surface area contributed by atoms with E-state index in [1.807, 2.05) is 24.3 Å². The predicted octanol–water partition coefficient (Wildman–Crippen LogP) is 3.33. The Kier molecular flexibility index (Phi) is 6.01. The lowest BCUT2D eigenvalue weighted by molar-refractivity contribution is 0.0950. The maximum absolute atomic E-state index is 11.9. The molecule has 0 radical (unpaired) electrons. The molecule has 0 atom stereocenters. The van der Waals surface area contributed by atoms with E-state index in [4.69, 9.17) is 0 Å². The number of amides is 1. The van der Waals surface area contributed by atoms with Gasteiger partial charge in [-0.15, -0.1) is 11.8 Å². The van der Waals surface area contributed by atoms with Gasteiger partial charge in [0.2, 0.25) is 0 Å². The van der Waals surface area contributed by atoms with Gasteiger partial charge >= 0.3 is 0 Å². The molecular weight excluding hydrogens is 218 g/mol. The van der Waals surface area contributed by atoms with E-state index in [1.165, 1.54) is 0 Å². The van der Waals surface area contributed by atoms with Crippen molar-refractivity contribution in [1.29, 1.82) is 0 Å². The summed E-state index contributed by atoms with van der Waals surface area (Å²) in [5.74, 6) is 1.03. The highest BCUT2D eigenvalue weighted by molar-refractivity contribution is 7.99. The summed E-state index contributed by atoms with van der Waals surface area (Å²) >= 11 is 1.71. The van der Waals surface area contributed by atoms with Gasteiger partial charge in [0, 0.05) is 11.4 Å². The number of benzene rings is 1. The lowest BCUT2D eigenvalue weighted by Gasteiger charge is -2.08. The van der Waals surface area contributed by atoms with Gasteiger partial charge < -0.3 is 5.32 Å². The van der Waals surface area contributed by atoms with E-state index in [9.17, 15) is 4.79 Å². The molecule has 0 aromatic heterocycles. The summed E-state index contributed by atoms with van der Waals surface area (Å²) in [6.45, 7) is 4.98. The molecule has 1 aromatic rings. The van der Waals surface area contributed by atoms with Crippen molar-refractivity contribution < 1.29 is 4.79 Å². The van der Waals surface area contributed by atoms with Crippen LogP contribution in [0.15, 0.2) is 29.2 Å². The lowest BCUT2D eigenvalue weighted by atomic mass is 10.2. The molecule has 1 rings (SSSR count). The van der Waals surface area contributed by atoms with Crippen LogP contribution in [0.3, 0.4) is 0 Å². The van der Waals surface area contributed by atoms with Gasteiger partial charge in [-0.1, -0.05) is 32.4 Å². The topological polar surface area (TPSA) is 29.1 Å². The number of thioether (sulfide) groups is 1. The summed E-state index contributed by atoms with van der Waals surface area (Å²) in [5, 5.41) is 2.95. The Morgan fingerprint density at radius 1 is 1.31 bits per heavy atom. The summed E-state index contributed by atoms with van der Waals surface area (Å²) in [7, 11) is 0. The van der Waals surface area contributed by atoms with E-state index in [2.05, 4.69) is 19.2 Å². The quantitative estimate of drug-likeness (QED) is 0.607. The van der Waals surface area contributed by atoms with Gasteiger partial charge in [0.15, 0.2) is 0 Å². The zero-order valence-corrected chi connectivity index (χ0v) is 10.8. The minimum Gasteiger partial charge on any atom is -0.352 e. The minimum atomic E-state index is 0.0463. The molecule has 16 heavy (non-hydrogen) atoms. The Hall–Kier alpha value is -0.960. The molecule has 0 saturated heterocycles. The molecule has 0 unspecified atom stereocenters. The molecule has 88 valence electrons. The number of nitrogens with one attached hydrogen (secondary N) is 1. The van der Waals surface area contributed by atoms with Crippen LogP contribution in [0.5, 0.6) is 0 Å². The zero-order chi connectivity index (χ0) is 11.8. The first-order chi connectivity index (χ1) is 7.79. The average Bonchev–Trinajstić information content (AvgIpc) is 2.30. The fraction of sp³-hybridized carbons (Fsp3) is 0.462. The van der Waals surface area contributed by atoms with Crippen molar-refractivity contribution in [2.45, 2.75) is 31.6 Å². The minimum absolute atomic E-state index is 0.0463.